The lowest BCUT2D eigenvalue weighted by molar-refractivity contribution is -0.384. The van der Waals surface area contributed by atoms with Crippen molar-refractivity contribution in [3.05, 3.63) is 52.3 Å². The van der Waals surface area contributed by atoms with Crippen molar-refractivity contribution in [2.75, 3.05) is 23.7 Å². The summed E-state index contributed by atoms with van der Waals surface area (Å²) in [6.07, 6.45) is 8.12. The van der Waals surface area contributed by atoms with E-state index in [-0.39, 0.29) is 17.5 Å². The Labute approximate surface area is 174 Å². The first-order chi connectivity index (χ1) is 14.6. The monoisotopic (exact) mass is 409 g/mol. The first-order valence-corrected chi connectivity index (χ1v) is 10.4. The Morgan fingerprint density at radius 3 is 2.80 bits per heavy atom. The second kappa shape index (κ2) is 9.08. The van der Waals surface area contributed by atoms with E-state index in [4.69, 9.17) is 5.73 Å². The predicted octanol–water partition coefficient (Wildman–Crippen LogP) is 3.45. The van der Waals surface area contributed by atoms with Crippen LogP contribution in [-0.2, 0) is 6.42 Å². The van der Waals surface area contributed by atoms with Crippen LogP contribution in [0.4, 0.5) is 17.5 Å². The summed E-state index contributed by atoms with van der Waals surface area (Å²) in [5.41, 5.74) is 8.16. The van der Waals surface area contributed by atoms with Crippen LogP contribution in [0.2, 0.25) is 0 Å². The first kappa shape index (κ1) is 20.1. The molecule has 9 nitrogen and oxygen atoms in total. The Balaban J connectivity index is 1.38. The van der Waals surface area contributed by atoms with Crippen LogP contribution in [0.15, 0.2) is 36.7 Å². The van der Waals surface area contributed by atoms with E-state index in [1.807, 2.05) is 24.4 Å². The predicted molar refractivity (Wildman–Crippen MR) is 118 cm³/mol. The Morgan fingerprint density at radius 1 is 1.20 bits per heavy atom. The van der Waals surface area contributed by atoms with Gasteiger partial charge >= 0.3 is 5.69 Å². The van der Waals surface area contributed by atoms with Gasteiger partial charge in [-0.2, -0.15) is 4.98 Å². The lowest BCUT2D eigenvalue weighted by Gasteiger charge is -2.26. The molecule has 2 heterocycles. The molecule has 1 fully saturated rings. The maximum absolute atomic E-state index is 11.4. The van der Waals surface area contributed by atoms with Crippen molar-refractivity contribution in [2.24, 2.45) is 11.7 Å². The molecule has 0 aliphatic heterocycles. The minimum Gasteiger partial charge on any atom is -0.364 e. The second-order valence-electron chi connectivity index (χ2n) is 7.88. The van der Waals surface area contributed by atoms with Crippen LogP contribution < -0.4 is 16.4 Å². The highest BCUT2D eigenvalue weighted by Crippen LogP contribution is 2.26. The second-order valence-corrected chi connectivity index (χ2v) is 7.88. The van der Waals surface area contributed by atoms with Gasteiger partial charge in [0, 0.05) is 36.2 Å². The van der Waals surface area contributed by atoms with Crippen LogP contribution in [0.5, 0.6) is 0 Å². The minimum atomic E-state index is -0.450. The van der Waals surface area contributed by atoms with Crippen LogP contribution in [-0.4, -0.2) is 39.0 Å². The minimum absolute atomic E-state index is 0.107. The van der Waals surface area contributed by atoms with E-state index >= 15 is 0 Å². The highest BCUT2D eigenvalue weighted by atomic mass is 16.6. The topological polar surface area (TPSA) is 135 Å². The standard InChI is InChI=1S/C21H27N7O2/c22-16-7-5-14(6-8-16)11-25-20-19(28(29)30)13-26-21(27-20)23-10-9-15-12-24-18-4-2-1-3-17(15)18/h1-4,12-14,16,24H,5-11,22H2,(H2,23,25,26,27). The number of hydrogen-bond acceptors (Lipinski definition) is 7. The Kier molecular flexibility index (Phi) is 6.08. The molecule has 5 N–H and O–H groups in total. The molecule has 2 aromatic heterocycles. The number of para-hydroxylation sites is 1. The molecule has 9 heteroatoms. The number of hydrogen-bond donors (Lipinski definition) is 4. The van der Waals surface area contributed by atoms with Gasteiger partial charge in [0.15, 0.2) is 0 Å². The summed E-state index contributed by atoms with van der Waals surface area (Å²) in [6.45, 7) is 1.28. The van der Waals surface area contributed by atoms with E-state index < -0.39 is 4.92 Å². The molecule has 30 heavy (non-hydrogen) atoms. The normalized spacial score (nSPS) is 19.0. The zero-order valence-electron chi connectivity index (χ0n) is 16.8. The summed E-state index contributed by atoms with van der Waals surface area (Å²) in [4.78, 5) is 22.7. The average molecular weight is 409 g/mol. The van der Waals surface area contributed by atoms with Gasteiger partial charge in [-0.3, -0.25) is 10.1 Å². The zero-order valence-corrected chi connectivity index (χ0v) is 16.8. The molecule has 0 unspecified atom stereocenters. The van der Waals surface area contributed by atoms with E-state index in [9.17, 15) is 10.1 Å². The molecule has 0 radical (unpaired) electrons. The molecule has 1 aliphatic rings. The summed E-state index contributed by atoms with van der Waals surface area (Å²) in [5.74, 6) is 1.10. The van der Waals surface area contributed by atoms with Gasteiger partial charge in [0.1, 0.15) is 6.20 Å². The molecule has 158 valence electrons. The number of H-pyrrole nitrogens is 1. The number of fused-ring (bicyclic) bond motifs is 1. The van der Waals surface area contributed by atoms with Gasteiger partial charge in [-0.25, -0.2) is 4.98 Å². The number of nitrogens with two attached hydrogens (primary N) is 1. The molecular weight excluding hydrogens is 382 g/mol. The van der Waals surface area contributed by atoms with Crippen molar-refractivity contribution in [3.63, 3.8) is 0 Å². The quantitative estimate of drug-likeness (QED) is 0.330. The van der Waals surface area contributed by atoms with Crippen LogP contribution >= 0.6 is 0 Å². The smallest absolute Gasteiger partial charge is 0.329 e. The third-order valence-corrected chi connectivity index (χ3v) is 5.77. The van der Waals surface area contributed by atoms with Crippen LogP contribution in [0.25, 0.3) is 10.9 Å². The molecular formula is C21H27N7O2. The number of anilines is 2. The summed E-state index contributed by atoms with van der Waals surface area (Å²) in [7, 11) is 0. The third-order valence-electron chi connectivity index (χ3n) is 5.77. The zero-order chi connectivity index (χ0) is 20.9. The molecule has 0 spiro atoms. The van der Waals surface area contributed by atoms with Gasteiger partial charge < -0.3 is 21.4 Å². The number of nitrogens with one attached hydrogen (secondary N) is 3. The van der Waals surface area contributed by atoms with Crippen molar-refractivity contribution in [3.8, 4) is 0 Å². The lowest BCUT2D eigenvalue weighted by Crippen LogP contribution is -2.29. The van der Waals surface area contributed by atoms with Crippen molar-refractivity contribution in [1.29, 1.82) is 0 Å². The largest absolute Gasteiger partial charge is 0.364 e. The summed E-state index contributed by atoms with van der Waals surface area (Å²) in [6, 6.07) is 8.43. The fourth-order valence-corrected chi connectivity index (χ4v) is 4.01. The molecule has 0 saturated heterocycles. The molecule has 1 aliphatic carbocycles. The number of nitro groups is 1. The maximum atomic E-state index is 11.4. The first-order valence-electron chi connectivity index (χ1n) is 10.4. The number of nitrogens with zero attached hydrogens (tertiary/aromatic N) is 3. The number of rotatable bonds is 8. The summed E-state index contributed by atoms with van der Waals surface area (Å²) in [5, 5.41) is 18.9. The summed E-state index contributed by atoms with van der Waals surface area (Å²) < 4.78 is 0. The van der Waals surface area contributed by atoms with E-state index in [1.54, 1.807) is 0 Å². The van der Waals surface area contributed by atoms with Gasteiger partial charge in [0.2, 0.25) is 11.8 Å². The Bertz CT molecular complexity index is 1010. The molecule has 4 rings (SSSR count). The number of benzene rings is 1. The molecule has 3 aromatic rings. The van der Waals surface area contributed by atoms with Crippen molar-refractivity contribution < 1.29 is 4.92 Å². The maximum Gasteiger partial charge on any atom is 0.329 e. The molecule has 0 bridgehead atoms. The van der Waals surface area contributed by atoms with Crippen molar-refractivity contribution in [2.45, 2.75) is 38.1 Å². The van der Waals surface area contributed by atoms with E-state index in [2.05, 4.69) is 31.7 Å². The SMILES string of the molecule is NC1CCC(CNc2nc(NCCc3c[nH]c4ccccc34)ncc2[N+](=O)[O-])CC1. The fourth-order valence-electron chi connectivity index (χ4n) is 4.01. The van der Waals surface area contributed by atoms with Gasteiger partial charge in [-0.1, -0.05) is 18.2 Å². The fraction of sp³-hybridized carbons (Fsp3) is 0.429. The Morgan fingerprint density at radius 2 is 2.00 bits per heavy atom. The molecule has 1 saturated carbocycles. The lowest BCUT2D eigenvalue weighted by atomic mass is 9.86. The van der Waals surface area contributed by atoms with E-state index in [1.165, 1.54) is 17.1 Å². The highest BCUT2D eigenvalue weighted by Gasteiger charge is 2.21. The third kappa shape index (κ3) is 4.68. The van der Waals surface area contributed by atoms with E-state index in [0.29, 0.717) is 25.0 Å². The summed E-state index contributed by atoms with van der Waals surface area (Å²) >= 11 is 0. The molecule has 1 aromatic carbocycles. The van der Waals surface area contributed by atoms with Crippen LogP contribution in [0, 0.1) is 16.0 Å². The van der Waals surface area contributed by atoms with Crippen LogP contribution in [0.3, 0.4) is 0 Å². The number of aromatic nitrogens is 3. The average Bonchev–Trinajstić information content (AvgIpc) is 3.16. The van der Waals surface area contributed by atoms with Crippen LogP contribution in [0.1, 0.15) is 31.2 Å². The highest BCUT2D eigenvalue weighted by molar-refractivity contribution is 5.83. The van der Waals surface area contributed by atoms with Crippen molar-refractivity contribution >= 4 is 28.4 Å². The van der Waals surface area contributed by atoms with Gasteiger partial charge in [0.05, 0.1) is 4.92 Å². The molecule has 0 atom stereocenters. The number of aromatic amines is 1. The van der Waals surface area contributed by atoms with Gasteiger partial charge in [-0.05, 0) is 49.7 Å². The van der Waals surface area contributed by atoms with Gasteiger partial charge in [-0.15, -0.1) is 0 Å². The Hall–Kier alpha value is -3.20. The van der Waals surface area contributed by atoms with E-state index in [0.717, 1.165) is 37.6 Å². The molecule has 0 amide bonds. The van der Waals surface area contributed by atoms with Gasteiger partial charge in [0.25, 0.3) is 0 Å². The van der Waals surface area contributed by atoms with Crippen molar-refractivity contribution in [1.82, 2.24) is 15.0 Å².